The molecule has 0 bridgehead atoms. The lowest BCUT2D eigenvalue weighted by Crippen LogP contribution is -2.21. The number of aromatic nitrogens is 2. The minimum Gasteiger partial charge on any atom is -0.346 e. The molecule has 7 heteroatoms. The molecular formula is C19H17N3OS3. The molecule has 0 saturated carbocycles. The fraction of sp³-hybridized carbons (Fsp3) is 0.211. The molecule has 0 atom stereocenters. The lowest BCUT2D eigenvalue weighted by atomic mass is 10.2. The molecule has 0 saturated heterocycles. The number of benzene rings is 1. The molecule has 0 spiro atoms. The van der Waals surface area contributed by atoms with Gasteiger partial charge in [-0.2, -0.15) is 0 Å². The standard InChI is InChI=1S/C19H17N3OS3/c1-11(2)18-21-12(10-24-18)9-20-17(23)15-7-8-16(25-15)19-22-13-5-3-4-6-14(13)26-19/h3-8,10-11H,9H2,1-2H3,(H,20,23). The third-order valence-corrected chi connectivity index (χ3v) is 7.31. The van der Waals surface area contributed by atoms with Gasteiger partial charge in [-0.05, 0) is 24.3 Å². The van der Waals surface area contributed by atoms with Gasteiger partial charge in [-0.1, -0.05) is 26.0 Å². The van der Waals surface area contributed by atoms with Crippen molar-refractivity contribution in [2.24, 2.45) is 0 Å². The largest absolute Gasteiger partial charge is 0.346 e. The Kier molecular flexibility index (Phi) is 4.84. The molecular weight excluding hydrogens is 382 g/mol. The van der Waals surface area contributed by atoms with Crippen LogP contribution in [0.3, 0.4) is 0 Å². The van der Waals surface area contributed by atoms with E-state index in [1.165, 1.54) is 11.3 Å². The Bertz CT molecular complexity index is 1030. The van der Waals surface area contributed by atoms with Gasteiger partial charge in [0.05, 0.1) is 37.2 Å². The number of para-hydroxylation sites is 1. The fourth-order valence-corrected chi connectivity index (χ4v) is 5.26. The van der Waals surface area contributed by atoms with Gasteiger partial charge in [0, 0.05) is 11.3 Å². The first-order chi connectivity index (χ1) is 12.6. The van der Waals surface area contributed by atoms with E-state index in [0.29, 0.717) is 17.3 Å². The fourth-order valence-electron chi connectivity index (χ4n) is 2.48. The summed E-state index contributed by atoms with van der Waals surface area (Å²) in [5, 5.41) is 7.02. The van der Waals surface area contributed by atoms with Crippen molar-refractivity contribution < 1.29 is 4.79 Å². The van der Waals surface area contributed by atoms with E-state index in [4.69, 9.17) is 0 Å². The second-order valence-corrected chi connectivity index (χ2v) is 9.17. The van der Waals surface area contributed by atoms with Gasteiger partial charge in [0.25, 0.3) is 5.91 Å². The van der Waals surface area contributed by atoms with Crippen LogP contribution in [0, 0.1) is 0 Å². The first-order valence-electron chi connectivity index (χ1n) is 8.28. The van der Waals surface area contributed by atoms with Crippen LogP contribution in [0.1, 0.15) is 40.1 Å². The Balaban J connectivity index is 1.45. The Morgan fingerprint density at radius 3 is 2.73 bits per heavy atom. The van der Waals surface area contributed by atoms with Crippen LogP contribution in [0.5, 0.6) is 0 Å². The quantitative estimate of drug-likeness (QED) is 0.480. The normalized spacial score (nSPS) is 11.3. The van der Waals surface area contributed by atoms with Crippen LogP contribution in [0.2, 0.25) is 0 Å². The molecule has 132 valence electrons. The van der Waals surface area contributed by atoms with Gasteiger partial charge in [-0.15, -0.1) is 34.0 Å². The molecule has 0 aliphatic rings. The number of carbonyl (C=O) groups is 1. The molecule has 0 radical (unpaired) electrons. The van der Waals surface area contributed by atoms with Crippen molar-refractivity contribution in [3.63, 3.8) is 0 Å². The maximum absolute atomic E-state index is 12.4. The zero-order valence-electron chi connectivity index (χ0n) is 14.4. The number of nitrogens with zero attached hydrogens (tertiary/aromatic N) is 2. The van der Waals surface area contributed by atoms with Crippen molar-refractivity contribution in [2.45, 2.75) is 26.3 Å². The second kappa shape index (κ2) is 7.26. The van der Waals surface area contributed by atoms with Crippen molar-refractivity contribution in [1.82, 2.24) is 15.3 Å². The molecule has 1 amide bonds. The van der Waals surface area contributed by atoms with Gasteiger partial charge >= 0.3 is 0 Å². The maximum atomic E-state index is 12.4. The zero-order valence-corrected chi connectivity index (χ0v) is 16.8. The molecule has 4 nitrogen and oxygen atoms in total. The van der Waals surface area contributed by atoms with Crippen LogP contribution in [0.4, 0.5) is 0 Å². The predicted molar refractivity (Wildman–Crippen MR) is 110 cm³/mol. The van der Waals surface area contributed by atoms with E-state index in [2.05, 4.69) is 35.2 Å². The molecule has 4 rings (SSSR count). The Labute approximate surface area is 163 Å². The number of carbonyl (C=O) groups excluding carboxylic acids is 1. The van der Waals surface area contributed by atoms with E-state index in [1.807, 2.05) is 35.7 Å². The van der Waals surface area contributed by atoms with Crippen LogP contribution in [0.25, 0.3) is 20.1 Å². The molecule has 1 N–H and O–H groups in total. The van der Waals surface area contributed by atoms with Crippen LogP contribution in [0.15, 0.2) is 41.8 Å². The third kappa shape index (κ3) is 3.56. The molecule has 0 aliphatic carbocycles. The average molecular weight is 400 g/mol. The summed E-state index contributed by atoms with van der Waals surface area (Å²) >= 11 is 4.76. The molecule has 0 aliphatic heterocycles. The lowest BCUT2D eigenvalue weighted by Gasteiger charge is -2.01. The number of nitrogens with one attached hydrogen (secondary N) is 1. The van der Waals surface area contributed by atoms with Crippen molar-refractivity contribution >= 4 is 50.1 Å². The topological polar surface area (TPSA) is 54.9 Å². The Morgan fingerprint density at radius 1 is 1.12 bits per heavy atom. The summed E-state index contributed by atoms with van der Waals surface area (Å²) in [7, 11) is 0. The van der Waals surface area contributed by atoms with Crippen LogP contribution >= 0.6 is 34.0 Å². The van der Waals surface area contributed by atoms with Gasteiger partial charge in [-0.3, -0.25) is 4.79 Å². The van der Waals surface area contributed by atoms with Crippen LogP contribution in [-0.2, 0) is 6.54 Å². The van der Waals surface area contributed by atoms with E-state index in [-0.39, 0.29) is 5.91 Å². The van der Waals surface area contributed by atoms with Crippen molar-refractivity contribution in [2.75, 3.05) is 0 Å². The predicted octanol–water partition coefficient (Wildman–Crippen LogP) is 5.53. The molecule has 4 aromatic rings. The first kappa shape index (κ1) is 17.3. The molecule has 1 aromatic carbocycles. The number of rotatable bonds is 5. The van der Waals surface area contributed by atoms with E-state index in [0.717, 1.165) is 30.8 Å². The number of amides is 1. The summed E-state index contributed by atoms with van der Waals surface area (Å²) in [5.74, 6) is 0.347. The van der Waals surface area contributed by atoms with Gasteiger partial charge < -0.3 is 5.32 Å². The Morgan fingerprint density at radius 2 is 1.96 bits per heavy atom. The Hall–Kier alpha value is -2.09. The number of hydrogen-bond donors (Lipinski definition) is 1. The summed E-state index contributed by atoms with van der Waals surface area (Å²) in [6.07, 6.45) is 0. The summed E-state index contributed by atoms with van der Waals surface area (Å²) in [6.45, 7) is 4.70. The van der Waals surface area contributed by atoms with Crippen molar-refractivity contribution in [3.8, 4) is 9.88 Å². The van der Waals surface area contributed by atoms with Crippen LogP contribution in [-0.4, -0.2) is 15.9 Å². The van der Waals surface area contributed by atoms with E-state index in [1.54, 1.807) is 22.7 Å². The zero-order chi connectivity index (χ0) is 18.1. The summed E-state index contributed by atoms with van der Waals surface area (Å²) in [4.78, 5) is 23.4. The molecule has 3 heterocycles. The average Bonchev–Trinajstić information content (AvgIpc) is 3.37. The summed E-state index contributed by atoms with van der Waals surface area (Å²) < 4.78 is 1.16. The minimum atomic E-state index is -0.0681. The number of hydrogen-bond acceptors (Lipinski definition) is 6. The highest BCUT2D eigenvalue weighted by molar-refractivity contribution is 7.26. The first-order valence-corrected chi connectivity index (χ1v) is 10.8. The number of thiophene rings is 1. The maximum Gasteiger partial charge on any atom is 0.261 e. The minimum absolute atomic E-state index is 0.0681. The lowest BCUT2D eigenvalue weighted by molar-refractivity contribution is 0.0954. The third-order valence-electron chi connectivity index (χ3n) is 3.83. The second-order valence-electron chi connectivity index (χ2n) is 6.17. The monoisotopic (exact) mass is 399 g/mol. The molecule has 0 unspecified atom stereocenters. The van der Waals surface area contributed by atoms with Crippen molar-refractivity contribution in [3.05, 3.63) is 57.4 Å². The van der Waals surface area contributed by atoms with Gasteiger partial charge in [-0.25, -0.2) is 9.97 Å². The van der Waals surface area contributed by atoms with E-state index >= 15 is 0 Å². The summed E-state index contributed by atoms with van der Waals surface area (Å²) in [5.41, 5.74) is 1.91. The number of fused-ring (bicyclic) bond motifs is 1. The van der Waals surface area contributed by atoms with Crippen LogP contribution < -0.4 is 5.32 Å². The van der Waals surface area contributed by atoms with E-state index < -0.39 is 0 Å². The molecule has 0 fully saturated rings. The highest BCUT2D eigenvalue weighted by atomic mass is 32.1. The van der Waals surface area contributed by atoms with Crippen molar-refractivity contribution in [1.29, 1.82) is 0 Å². The van der Waals surface area contributed by atoms with Gasteiger partial charge in [0.2, 0.25) is 0 Å². The van der Waals surface area contributed by atoms with Gasteiger partial charge in [0.15, 0.2) is 0 Å². The van der Waals surface area contributed by atoms with Gasteiger partial charge in [0.1, 0.15) is 5.01 Å². The molecule has 3 aromatic heterocycles. The smallest absolute Gasteiger partial charge is 0.261 e. The summed E-state index contributed by atoms with van der Waals surface area (Å²) in [6, 6.07) is 11.9. The highest BCUT2D eigenvalue weighted by Crippen LogP contribution is 2.34. The van der Waals surface area contributed by atoms with E-state index in [9.17, 15) is 4.79 Å². The highest BCUT2D eigenvalue weighted by Gasteiger charge is 2.14. The molecule has 26 heavy (non-hydrogen) atoms. The number of thiazole rings is 2. The SMILES string of the molecule is CC(C)c1nc(CNC(=O)c2ccc(-c3nc4ccccc4s3)s2)cs1.